The second kappa shape index (κ2) is 6.06. The van der Waals surface area contributed by atoms with Crippen LogP contribution in [0.3, 0.4) is 0 Å². The number of nitrogens with zero attached hydrogens (tertiary/aromatic N) is 1. The molecule has 2 N–H and O–H groups in total. The maximum Gasteiger partial charge on any atom is 0.320 e. The first-order valence-electron chi connectivity index (χ1n) is 6.91. The lowest BCUT2D eigenvalue weighted by Gasteiger charge is -2.39. The zero-order valence-electron chi connectivity index (χ0n) is 11.2. The number of likely N-dealkylation sites (tertiary alicyclic amines) is 1. The largest absolute Gasteiger partial charge is 0.508 e. The third kappa shape index (κ3) is 2.89. The molecule has 1 aromatic carbocycles. The van der Waals surface area contributed by atoms with Crippen LogP contribution in [0.2, 0.25) is 0 Å². The number of phenolic OH excluding ortho intramolecular Hbond substituents is 1. The van der Waals surface area contributed by atoms with Gasteiger partial charge in [-0.05, 0) is 31.9 Å². The highest BCUT2D eigenvalue weighted by Gasteiger charge is 2.34. The van der Waals surface area contributed by atoms with Crippen LogP contribution in [0.1, 0.15) is 44.2 Å². The van der Waals surface area contributed by atoms with Crippen molar-refractivity contribution < 1.29 is 15.0 Å². The summed E-state index contributed by atoms with van der Waals surface area (Å²) in [6.07, 6.45) is 3.47. The lowest BCUT2D eigenvalue weighted by molar-refractivity contribution is -0.146. The van der Waals surface area contributed by atoms with E-state index < -0.39 is 12.0 Å². The lowest BCUT2D eigenvalue weighted by Crippen LogP contribution is -2.46. The van der Waals surface area contributed by atoms with Crippen molar-refractivity contribution in [1.29, 1.82) is 0 Å². The molecule has 1 aromatic rings. The van der Waals surface area contributed by atoms with E-state index in [9.17, 15) is 15.0 Å². The van der Waals surface area contributed by atoms with Gasteiger partial charge in [0.25, 0.3) is 0 Å². The summed E-state index contributed by atoms with van der Waals surface area (Å²) in [6, 6.07) is 6.77. The Morgan fingerprint density at radius 3 is 2.79 bits per heavy atom. The molecule has 0 saturated carbocycles. The van der Waals surface area contributed by atoms with Crippen LogP contribution in [-0.4, -0.2) is 33.7 Å². The van der Waals surface area contributed by atoms with Gasteiger partial charge in [0.2, 0.25) is 0 Å². The van der Waals surface area contributed by atoms with Crippen molar-refractivity contribution in [3.63, 3.8) is 0 Å². The Hall–Kier alpha value is -1.55. The molecule has 1 heterocycles. The normalized spacial score (nSPS) is 22.1. The van der Waals surface area contributed by atoms with E-state index >= 15 is 0 Å². The molecule has 4 nitrogen and oxygen atoms in total. The van der Waals surface area contributed by atoms with Crippen LogP contribution in [-0.2, 0) is 4.79 Å². The van der Waals surface area contributed by atoms with Crippen molar-refractivity contribution in [3.8, 4) is 5.75 Å². The summed E-state index contributed by atoms with van der Waals surface area (Å²) in [6.45, 7) is 2.81. The zero-order chi connectivity index (χ0) is 13.8. The molecule has 104 valence electrons. The highest BCUT2D eigenvalue weighted by Crippen LogP contribution is 2.35. The minimum atomic E-state index is -0.756. The monoisotopic (exact) mass is 263 g/mol. The van der Waals surface area contributed by atoms with Gasteiger partial charge in [-0.25, -0.2) is 0 Å². The van der Waals surface area contributed by atoms with Gasteiger partial charge in [0, 0.05) is 11.6 Å². The summed E-state index contributed by atoms with van der Waals surface area (Å²) >= 11 is 0. The predicted octanol–water partition coefficient (Wildman–Crippen LogP) is 2.78. The maximum absolute atomic E-state index is 11.4. The number of aromatic hydroxyl groups is 1. The van der Waals surface area contributed by atoms with E-state index in [1.165, 1.54) is 0 Å². The van der Waals surface area contributed by atoms with Crippen LogP contribution < -0.4 is 0 Å². The van der Waals surface area contributed by atoms with Crippen LogP contribution in [0.25, 0.3) is 0 Å². The van der Waals surface area contributed by atoms with Crippen molar-refractivity contribution >= 4 is 5.97 Å². The smallest absolute Gasteiger partial charge is 0.320 e. The summed E-state index contributed by atoms with van der Waals surface area (Å²) < 4.78 is 0. The molecule has 0 amide bonds. The van der Waals surface area contributed by atoms with Crippen LogP contribution >= 0.6 is 0 Å². The number of carboxylic acid groups (broad SMARTS) is 1. The number of carbonyl (C=O) groups is 1. The van der Waals surface area contributed by atoms with E-state index in [4.69, 9.17) is 0 Å². The Labute approximate surface area is 113 Å². The Balaban J connectivity index is 2.30. The Bertz CT molecular complexity index is 447. The fraction of sp³-hybridized carbons (Fsp3) is 0.533. The standard InChI is InChI=1S/C15H21NO3/c1-2-12(11-7-3-4-9-14(11)17)16-10-6-5-8-13(16)15(18)19/h3-4,7,9,12-13,17H,2,5-6,8,10H2,1H3,(H,18,19). The second-order valence-corrected chi connectivity index (χ2v) is 5.07. The average Bonchev–Trinajstić information content (AvgIpc) is 2.42. The molecule has 1 fully saturated rings. The van der Waals surface area contributed by atoms with Gasteiger partial charge < -0.3 is 10.2 Å². The quantitative estimate of drug-likeness (QED) is 0.877. The van der Waals surface area contributed by atoms with E-state index in [0.717, 1.165) is 31.4 Å². The summed E-state index contributed by atoms with van der Waals surface area (Å²) in [5.74, 6) is -0.502. The molecule has 1 saturated heterocycles. The molecule has 2 unspecified atom stereocenters. The summed E-state index contributed by atoms with van der Waals surface area (Å²) in [5.41, 5.74) is 0.832. The topological polar surface area (TPSA) is 60.8 Å². The number of aliphatic carboxylic acids is 1. The first kappa shape index (κ1) is 13.9. The summed E-state index contributed by atoms with van der Waals surface area (Å²) in [7, 11) is 0. The van der Waals surface area contributed by atoms with Crippen molar-refractivity contribution in [2.45, 2.75) is 44.7 Å². The number of phenols is 1. The van der Waals surface area contributed by atoms with Crippen LogP contribution in [0.15, 0.2) is 24.3 Å². The molecule has 0 spiro atoms. The number of benzene rings is 1. The van der Waals surface area contributed by atoms with Gasteiger partial charge in [0.05, 0.1) is 0 Å². The summed E-state index contributed by atoms with van der Waals surface area (Å²) in [5, 5.41) is 19.4. The molecule has 1 aliphatic heterocycles. The SMILES string of the molecule is CCC(c1ccccc1O)N1CCCCC1C(=O)O. The summed E-state index contributed by atoms with van der Waals surface area (Å²) in [4.78, 5) is 13.4. The van der Waals surface area contributed by atoms with Crippen molar-refractivity contribution in [2.75, 3.05) is 6.54 Å². The lowest BCUT2D eigenvalue weighted by atomic mass is 9.94. The van der Waals surface area contributed by atoms with Crippen molar-refractivity contribution in [3.05, 3.63) is 29.8 Å². The molecule has 2 atom stereocenters. The molecular formula is C15H21NO3. The predicted molar refractivity (Wildman–Crippen MR) is 73.1 cm³/mol. The number of carboxylic acids is 1. The van der Waals surface area contributed by atoms with E-state index in [1.54, 1.807) is 12.1 Å². The molecule has 19 heavy (non-hydrogen) atoms. The maximum atomic E-state index is 11.4. The number of rotatable bonds is 4. The highest BCUT2D eigenvalue weighted by atomic mass is 16.4. The average molecular weight is 263 g/mol. The first-order valence-corrected chi connectivity index (χ1v) is 6.91. The number of piperidine rings is 1. The molecule has 0 radical (unpaired) electrons. The van der Waals surface area contributed by atoms with Gasteiger partial charge in [0.15, 0.2) is 0 Å². The van der Waals surface area contributed by atoms with E-state index in [0.29, 0.717) is 6.42 Å². The number of para-hydroxylation sites is 1. The molecule has 4 heteroatoms. The van der Waals surface area contributed by atoms with Crippen molar-refractivity contribution in [1.82, 2.24) is 4.90 Å². The molecule has 1 aliphatic rings. The van der Waals surface area contributed by atoms with E-state index in [-0.39, 0.29) is 11.8 Å². The third-order valence-electron chi connectivity index (χ3n) is 3.91. The molecule has 0 bridgehead atoms. The highest BCUT2D eigenvalue weighted by molar-refractivity contribution is 5.73. The minimum absolute atomic E-state index is 0.0254. The Morgan fingerprint density at radius 2 is 2.16 bits per heavy atom. The van der Waals surface area contributed by atoms with Crippen LogP contribution in [0, 0.1) is 0 Å². The second-order valence-electron chi connectivity index (χ2n) is 5.07. The number of hydrogen-bond acceptors (Lipinski definition) is 3. The first-order chi connectivity index (χ1) is 9.15. The zero-order valence-corrected chi connectivity index (χ0v) is 11.2. The van der Waals surface area contributed by atoms with Gasteiger partial charge in [-0.1, -0.05) is 31.5 Å². The third-order valence-corrected chi connectivity index (χ3v) is 3.91. The fourth-order valence-electron chi connectivity index (χ4n) is 2.99. The molecule has 0 aromatic heterocycles. The minimum Gasteiger partial charge on any atom is -0.508 e. The van der Waals surface area contributed by atoms with E-state index in [1.807, 2.05) is 24.0 Å². The van der Waals surface area contributed by atoms with E-state index in [2.05, 4.69) is 0 Å². The van der Waals surface area contributed by atoms with Gasteiger partial charge in [-0.15, -0.1) is 0 Å². The van der Waals surface area contributed by atoms with Gasteiger partial charge in [0.1, 0.15) is 11.8 Å². The number of hydrogen-bond donors (Lipinski definition) is 2. The van der Waals surface area contributed by atoms with Crippen LogP contribution in [0.5, 0.6) is 5.75 Å². The Morgan fingerprint density at radius 1 is 1.42 bits per heavy atom. The Kier molecular flexibility index (Phi) is 4.43. The van der Waals surface area contributed by atoms with Gasteiger partial charge in [-0.2, -0.15) is 0 Å². The molecule has 2 rings (SSSR count). The fourth-order valence-corrected chi connectivity index (χ4v) is 2.99. The molecule has 0 aliphatic carbocycles. The van der Waals surface area contributed by atoms with Gasteiger partial charge in [-0.3, -0.25) is 9.69 Å². The van der Waals surface area contributed by atoms with Crippen LogP contribution in [0.4, 0.5) is 0 Å². The van der Waals surface area contributed by atoms with Crippen molar-refractivity contribution in [2.24, 2.45) is 0 Å². The molecular weight excluding hydrogens is 242 g/mol. The van der Waals surface area contributed by atoms with Gasteiger partial charge >= 0.3 is 5.97 Å².